The third-order valence-electron chi connectivity index (χ3n) is 2.30. The number of halogens is 1. The van der Waals surface area contributed by atoms with Crippen LogP contribution >= 0.6 is 15.9 Å². The number of benzene rings is 1. The predicted octanol–water partition coefficient (Wildman–Crippen LogP) is 1.77. The van der Waals surface area contributed by atoms with Crippen LogP contribution in [0.4, 0.5) is 0 Å². The van der Waals surface area contributed by atoms with Gasteiger partial charge in [-0.1, -0.05) is 6.07 Å². The standard InChI is InChI=1S/C11H17BrN2O2S/c1-8-4-5-9(12)10(6-8)17(15,16)14-11(2,3)7-13/h4-6,14H,7,13H2,1-3H3. The first-order valence-electron chi connectivity index (χ1n) is 5.18. The summed E-state index contributed by atoms with van der Waals surface area (Å²) in [6.45, 7) is 5.57. The average molecular weight is 321 g/mol. The summed E-state index contributed by atoms with van der Waals surface area (Å²) in [6, 6.07) is 5.19. The Morgan fingerprint density at radius 2 is 2.00 bits per heavy atom. The molecule has 0 aliphatic rings. The largest absolute Gasteiger partial charge is 0.329 e. The van der Waals surface area contributed by atoms with Gasteiger partial charge in [-0.05, 0) is 54.4 Å². The summed E-state index contributed by atoms with van der Waals surface area (Å²) < 4.78 is 27.5. The van der Waals surface area contributed by atoms with Gasteiger partial charge in [0, 0.05) is 16.6 Å². The fraction of sp³-hybridized carbons (Fsp3) is 0.455. The van der Waals surface area contributed by atoms with Gasteiger partial charge in [0.2, 0.25) is 10.0 Å². The van der Waals surface area contributed by atoms with E-state index in [2.05, 4.69) is 20.7 Å². The molecule has 96 valence electrons. The topological polar surface area (TPSA) is 72.2 Å². The van der Waals surface area contributed by atoms with Crippen LogP contribution in [0.25, 0.3) is 0 Å². The number of sulfonamides is 1. The molecule has 0 heterocycles. The van der Waals surface area contributed by atoms with E-state index in [-0.39, 0.29) is 11.4 Å². The monoisotopic (exact) mass is 320 g/mol. The number of aryl methyl sites for hydroxylation is 1. The van der Waals surface area contributed by atoms with E-state index in [4.69, 9.17) is 5.73 Å². The lowest BCUT2D eigenvalue weighted by molar-refractivity contribution is 0.462. The summed E-state index contributed by atoms with van der Waals surface area (Å²) >= 11 is 3.25. The van der Waals surface area contributed by atoms with Gasteiger partial charge in [0.15, 0.2) is 0 Å². The molecular weight excluding hydrogens is 304 g/mol. The molecule has 0 aliphatic carbocycles. The lowest BCUT2D eigenvalue weighted by Crippen LogP contribution is -2.48. The molecule has 0 unspecified atom stereocenters. The Bertz CT molecular complexity index is 512. The predicted molar refractivity (Wildman–Crippen MR) is 72.3 cm³/mol. The molecule has 0 aromatic heterocycles. The van der Waals surface area contributed by atoms with Gasteiger partial charge in [0.25, 0.3) is 0 Å². The molecule has 17 heavy (non-hydrogen) atoms. The second-order valence-electron chi connectivity index (χ2n) is 4.63. The molecule has 1 aromatic carbocycles. The van der Waals surface area contributed by atoms with Crippen LogP contribution in [0.15, 0.2) is 27.6 Å². The zero-order valence-electron chi connectivity index (χ0n) is 10.1. The first kappa shape index (κ1) is 14.6. The normalized spacial score (nSPS) is 12.8. The number of nitrogens with two attached hydrogens (primary N) is 1. The van der Waals surface area contributed by atoms with Crippen molar-refractivity contribution in [3.05, 3.63) is 28.2 Å². The van der Waals surface area contributed by atoms with Crippen LogP contribution in [0.3, 0.4) is 0 Å². The fourth-order valence-corrected chi connectivity index (χ4v) is 3.75. The Morgan fingerprint density at radius 3 is 2.53 bits per heavy atom. The van der Waals surface area contributed by atoms with Crippen LogP contribution in [0.2, 0.25) is 0 Å². The molecule has 0 saturated carbocycles. The van der Waals surface area contributed by atoms with Gasteiger partial charge < -0.3 is 5.73 Å². The first-order valence-corrected chi connectivity index (χ1v) is 7.46. The van der Waals surface area contributed by atoms with Crippen molar-refractivity contribution in [2.24, 2.45) is 5.73 Å². The van der Waals surface area contributed by atoms with Crippen molar-refractivity contribution in [1.82, 2.24) is 4.72 Å². The Balaban J connectivity index is 3.18. The fourth-order valence-electron chi connectivity index (χ4n) is 1.28. The third-order valence-corrected chi connectivity index (χ3v) is 4.99. The number of hydrogen-bond acceptors (Lipinski definition) is 3. The molecule has 1 aromatic rings. The van der Waals surface area contributed by atoms with Crippen LogP contribution in [0, 0.1) is 6.92 Å². The summed E-state index contributed by atoms with van der Waals surface area (Å²) in [7, 11) is -3.56. The number of nitrogens with one attached hydrogen (secondary N) is 1. The highest BCUT2D eigenvalue weighted by atomic mass is 79.9. The van der Waals surface area contributed by atoms with Crippen molar-refractivity contribution in [2.45, 2.75) is 31.2 Å². The quantitative estimate of drug-likeness (QED) is 0.888. The van der Waals surface area contributed by atoms with E-state index in [1.54, 1.807) is 26.0 Å². The van der Waals surface area contributed by atoms with Gasteiger partial charge in [-0.2, -0.15) is 0 Å². The van der Waals surface area contributed by atoms with Crippen LogP contribution < -0.4 is 10.5 Å². The molecule has 0 radical (unpaired) electrons. The Hall–Kier alpha value is -0.430. The maximum absolute atomic E-state index is 12.2. The zero-order valence-corrected chi connectivity index (χ0v) is 12.5. The van der Waals surface area contributed by atoms with E-state index < -0.39 is 15.6 Å². The molecule has 6 heteroatoms. The van der Waals surface area contributed by atoms with Gasteiger partial charge in [-0.3, -0.25) is 0 Å². The van der Waals surface area contributed by atoms with E-state index in [1.165, 1.54) is 0 Å². The van der Waals surface area contributed by atoms with E-state index in [0.717, 1.165) is 5.56 Å². The van der Waals surface area contributed by atoms with E-state index in [0.29, 0.717) is 4.47 Å². The summed E-state index contributed by atoms with van der Waals surface area (Å²) in [5.74, 6) is 0. The van der Waals surface area contributed by atoms with Gasteiger partial charge in [0.1, 0.15) is 0 Å². The van der Waals surface area contributed by atoms with Crippen molar-refractivity contribution in [3.8, 4) is 0 Å². The lowest BCUT2D eigenvalue weighted by atomic mass is 10.1. The van der Waals surface area contributed by atoms with E-state index in [9.17, 15) is 8.42 Å². The van der Waals surface area contributed by atoms with Gasteiger partial charge in [-0.25, -0.2) is 13.1 Å². The van der Waals surface area contributed by atoms with Gasteiger partial charge in [0.05, 0.1) is 4.90 Å². The molecule has 0 spiro atoms. The minimum atomic E-state index is -3.56. The Morgan fingerprint density at radius 1 is 1.41 bits per heavy atom. The van der Waals surface area contributed by atoms with Crippen molar-refractivity contribution in [3.63, 3.8) is 0 Å². The first-order chi connectivity index (χ1) is 7.68. The summed E-state index contributed by atoms with van der Waals surface area (Å²) in [4.78, 5) is 0.235. The zero-order chi connectivity index (χ0) is 13.3. The second kappa shape index (κ2) is 5.06. The maximum Gasteiger partial charge on any atom is 0.242 e. The summed E-state index contributed by atoms with van der Waals surface area (Å²) in [6.07, 6.45) is 0. The molecule has 3 N–H and O–H groups in total. The van der Waals surface area contributed by atoms with Gasteiger partial charge in [-0.15, -0.1) is 0 Å². The van der Waals surface area contributed by atoms with Crippen LogP contribution in [-0.2, 0) is 10.0 Å². The van der Waals surface area contributed by atoms with Crippen LogP contribution in [-0.4, -0.2) is 20.5 Å². The van der Waals surface area contributed by atoms with E-state index in [1.807, 2.05) is 13.0 Å². The lowest BCUT2D eigenvalue weighted by Gasteiger charge is -2.24. The summed E-state index contributed by atoms with van der Waals surface area (Å²) in [5, 5.41) is 0. The maximum atomic E-state index is 12.2. The Kier molecular flexibility index (Phi) is 4.35. The minimum absolute atomic E-state index is 0.232. The summed E-state index contributed by atoms with van der Waals surface area (Å²) in [5.41, 5.74) is 5.74. The van der Waals surface area contributed by atoms with Crippen molar-refractivity contribution in [2.75, 3.05) is 6.54 Å². The molecule has 0 saturated heterocycles. The minimum Gasteiger partial charge on any atom is -0.329 e. The third kappa shape index (κ3) is 3.77. The molecule has 4 nitrogen and oxygen atoms in total. The Labute approximate surface area is 111 Å². The van der Waals surface area contributed by atoms with Crippen LogP contribution in [0.5, 0.6) is 0 Å². The highest BCUT2D eigenvalue weighted by Gasteiger charge is 2.26. The second-order valence-corrected chi connectivity index (χ2v) is 7.13. The van der Waals surface area contributed by atoms with E-state index >= 15 is 0 Å². The van der Waals surface area contributed by atoms with Gasteiger partial charge >= 0.3 is 0 Å². The van der Waals surface area contributed by atoms with Crippen molar-refractivity contribution < 1.29 is 8.42 Å². The molecule has 0 aliphatic heterocycles. The molecule has 0 amide bonds. The van der Waals surface area contributed by atoms with Crippen molar-refractivity contribution >= 4 is 26.0 Å². The molecule has 0 bridgehead atoms. The SMILES string of the molecule is Cc1ccc(Br)c(S(=O)(=O)NC(C)(C)CN)c1. The number of rotatable bonds is 4. The smallest absolute Gasteiger partial charge is 0.242 e. The average Bonchev–Trinajstić information content (AvgIpc) is 2.20. The number of hydrogen-bond donors (Lipinski definition) is 2. The molecular formula is C11H17BrN2O2S. The van der Waals surface area contributed by atoms with Crippen molar-refractivity contribution in [1.29, 1.82) is 0 Å². The van der Waals surface area contributed by atoms with Crippen LogP contribution in [0.1, 0.15) is 19.4 Å². The highest BCUT2D eigenvalue weighted by molar-refractivity contribution is 9.10. The highest BCUT2D eigenvalue weighted by Crippen LogP contribution is 2.23. The molecule has 0 fully saturated rings. The molecule has 1 rings (SSSR count). The molecule has 0 atom stereocenters.